The predicted molar refractivity (Wildman–Crippen MR) is 71.7 cm³/mol. The van der Waals surface area contributed by atoms with E-state index in [4.69, 9.17) is 26.5 Å². The zero-order chi connectivity index (χ0) is 12.7. The number of hydrogen-bond acceptors (Lipinski definition) is 3. The molecule has 3 unspecified atom stereocenters. The lowest BCUT2D eigenvalue weighted by molar-refractivity contribution is 0.0975. The summed E-state index contributed by atoms with van der Waals surface area (Å²) in [6.07, 6.45) is 1.16. The van der Waals surface area contributed by atoms with Crippen LogP contribution in [0.4, 0.5) is 0 Å². The van der Waals surface area contributed by atoms with Gasteiger partial charge in [-0.3, -0.25) is 0 Å². The minimum absolute atomic E-state index is 0.133. The van der Waals surface area contributed by atoms with Crippen LogP contribution in [0.3, 0.4) is 0 Å². The van der Waals surface area contributed by atoms with Crippen LogP contribution in [0.15, 0.2) is 28.7 Å². The number of para-hydroxylation sites is 1. The first-order chi connectivity index (χ1) is 8.66. The second-order valence-electron chi connectivity index (χ2n) is 4.86. The molecule has 0 aliphatic carbocycles. The molecule has 4 heteroatoms. The van der Waals surface area contributed by atoms with Gasteiger partial charge in [-0.25, -0.2) is 0 Å². The maximum Gasteiger partial charge on any atom is 0.152 e. The van der Waals surface area contributed by atoms with E-state index in [9.17, 15) is 0 Å². The molecule has 0 spiro atoms. The van der Waals surface area contributed by atoms with Gasteiger partial charge < -0.3 is 14.9 Å². The Kier molecular flexibility index (Phi) is 3.06. The molecule has 1 fully saturated rings. The van der Waals surface area contributed by atoms with Crippen LogP contribution in [0.25, 0.3) is 11.0 Å². The zero-order valence-electron chi connectivity index (χ0n) is 10.2. The molecule has 3 rings (SSSR count). The quantitative estimate of drug-likeness (QED) is 0.904. The van der Waals surface area contributed by atoms with Crippen molar-refractivity contribution in [1.82, 2.24) is 0 Å². The number of rotatable bonds is 2. The highest BCUT2D eigenvalue weighted by atomic mass is 35.5. The number of ether oxygens (including phenoxy) is 1. The first-order valence-electron chi connectivity index (χ1n) is 6.22. The number of benzene rings is 1. The average molecular weight is 266 g/mol. The Hall–Kier alpha value is -1.03. The molecule has 0 radical (unpaired) electrons. The molecule has 1 aliphatic heterocycles. The van der Waals surface area contributed by atoms with E-state index in [0.717, 1.165) is 29.8 Å². The highest BCUT2D eigenvalue weighted by Crippen LogP contribution is 2.35. The molecule has 1 saturated heterocycles. The minimum atomic E-state index is -0.133. The van der Waals surface area contributed by atoms with Crippen LogP contribution in [0.5, 0.6) is 0 Å². The van der Waals surface area contributed by atoms with E-state index >= 15 is 0 Å². The van der Waals surface area contributed by atoms with E-state index in [-0.39, 0.29) is 12.1 Å². The molecule has 18 heavy (non-hydrogen) atoms. The topological polar surface area (TPSA) is 48.4 Å². The third-order valence-corrected chi connectivity index (χ3v) is 4.04. The molecule has 1 aromatic heterocycles. The summed E-state index contributed by atoms with van der Waals surface area (Å²) < 4.78 is 11.4. The highest BCUT2D eigenvalue weighted by Gasteiger charge is 2.32. The summed E-state index contributed by atoms with van der Waals surface area (Å²) in [6, 6.07) is 7.57. The van der Waals surface area contributed by atoms with Gasteiger partial charge in [-0.2, -0.15) is 0 Å². The third-order valence-electron chi connectivity index (χ3n) is 3.74. The second-order valence-corrected chi connectivity index (χ2v) is 5.27. The Balaban J connectivity index is 1.96. The molecule has 96 valence electrons. The average Bonchev–Trinajstić information content (AvgIpc) is 2.95. The summed E-state index contributed by atoms with van der Waals surface area (Å²) in [5.41, 5.74) is 7.01. The fourth-order valence-electron chi connectivity index (χ4n) is 2.64. The molecule has 3 atom stereocenters. The first-order valence-corrected chi connectivity index (χ1v) is 6.60. The van der Waals surface area contributed by atoms with Gasteiger partial charge in [-0.05, 0) is 25.5 Å². The van der Waals surface area contributed by atoms with Gasteiger partial charge in [-0.15, -0.1) is 0 Å². The Bertz CT molecular complexity index is 566. The van der Waals surface area contributed by atoms with Gasteiger partial charge in [0.25, 0.3) is 0 Å². The van der Waals surface area contributed by atoms with Gasteiger partial charge in [0.05, 0.1) is 17.2 Å². The summed E-state index contributed by atoms with van der Waals surface area (Å²) in [4.78, 5) is 0. The Morgan fingerprint density at radius 2 is 2.28 bits per heavy atom. The number of furan rings is 1. The lowest BCUT2D eigenvalue weighted by Gasteiger charge is -2.19. The van der Waals surface area contributed by atoms with Crippen molar-refractivity contribution in [3.8, 4) is 0 Å². The van der Waals surface area contributed by atoms with Gasteiger partial charge in [0.1, 0.15) is 5.76 Å². The monoisotopic (exact) mass is 265 g/mol. The minimum Gasteiger partial charge on any atom is -0.458 e. The second kappa shape index (κ2) is 4.57. The van der Waals surface area contributed by atoms with Crippen LogP contribution in [-0.4, -0.2) is 12.7 Å². The SMILES string of the molecule is CC1OCCC1C(N)c1cc2cccc(Cl)c2o1. The van der Waals surface area contributed by atoms with E-state index in [1.807, 2.05) is 24.3 Å². The van der Waals surface area contributed by atoms with E-state index in [1.165, 1.54) is 0 Å². The molecule has 3 nitrogen and oxygen atoms in total. The van der Waals surface area contributed by atoms with Crippen LogP contribution in [-0.2, 0) is 4.74 Å². The lowest BCUT2D eigenvalue weighted by atomic mass is 9.92. The standard InChI is InChI=1S/C14H16ClNO2/c1-8-10(5-6-17-8)13(16)12-7-9-3-2-4-11(15)14(9)18-12/h2-4,7-8,10,13H,5-6,16H2,1H3. The van der Waals surface area contributed by atoms with E-state index in [2.05, 4.69) is 6.92 Å². The number of hydrogen-bond donors (Lipinski definition) is 1. The maximum atomic E-state index is 6.29. The van der Waals surface area contributed by atoms with Gasteiger partial charge in [0.15, 0.2) is 5.58 Å². The molecular weight excluding hydrogens is 250 g/mol. The molecule has 2 N–H and O–H groups in total. The fourth-order valence-corrected chi connectivity index (χ4v) is 2.86. The van der Waals surface area contributed by atoms with Crippen molar-refractivity contribution in [1.29, 1.82) is 0 Å². The van der Waals surface area contributed by atoms with Crippen LogP contribution >= 0.6 is 11.6 Å². The van der Waals surface area contributed by atoms with Crippen LogP contribution < -0.4 is 5.73 Å². The first kappa shape index (κ1) is 12.0. The smallest absolute Gasteiger partial charge is 0.152 e. The Morgan fingerprint density at radius 1 is 1.44 bits per heavy atom. The summed E-state index contributed by atoms with van der Waals surface area (Å²) in [7, 11) is 0. The summed E-state index contributed by atoms with van der Waals surface area (Å²) in [6.45, 7) is 2.84. The van der Waals surface area contributed by atoms with E-state index in [0.29, 0.717) is 10.9 Å². The molecule has 0 amide bonds. The molecule has 2 heterocycles. The molecule has 1 aliphatic rings. The molecule has 1 aromatic carbocycles. The van der Waals surface area contributed by atoms with Gasteiger partial charge in [0, 0.05) is 17.9 Å². The van der Waals surface area contributed by atoms with Crippen molar-refractivity contribution in [3.05, 3.63) is 35.0 Å². The fraction of sp³-hybridized carbons (Fsp3) is 0.429. The van der Waals surface area contributed by atoms with Crippen molar-refractivity contribution in [2.24, 2.45) is 11.7 Å². The summed E-state index contributed by atoms with van der Waals surface area (Å²) in [5.74, 6) is 1.10. The highest BCUT2D eigenvalue weighted by molar-refractivity contribution is 6.34. The summed E-state index contributed by atoms with van der Waals surface area (Å²) >= 11 is 6.10. The van der Waals surface area contributed by atoms with Crippen molar-refractivity contribution in [2.75, 3.05) is 6.61 Å². The van der Waals surface area contributed by atoms with Crippen LogP contribution in [0, 0.1) is 5.92 Å². The normalized spacial score (nSPS) is 25.7. The third kappa shape index (κ3) is 1.92. The van der Waals surface area contributed by atoms with Crippen LogP contribution in [0.1, 0.15) is 25.1 Å². The molecule has 2 aromatic rings. The lowest BCUT2D eigenvalue weighted by Crippen LogP contribution is -2.26. The Morgan fingerprint density at radius 3 is 2.94 bits per heavy atom. The molecular formula is C14H16ClNO2. The number of halogens is 1. The van der Waals surface area contributed by atoms with E-state index in [1.54, 1.807) is 0 Å². The largest absolute Gasteiger partial charge is 0.458 e. The van der Waals surface area contributed by atoms with Crippen molar-refractivity contribution in [3.63, 3.8) is 0 Å². The Labute approximate surface area is 111 Å². The van der Waals surface area contributed by atoms with Crippen molar-refractivity contribution >= 4 is 22.6 Å². The molecule has 0 bridgehead atoms. The van der Waals surface area contributed by atoms with E-state index < -0.39 is 0 Å². The predicted octanol–water partition coefficient (Wildman–Crippen LogP) is 3.51. The van der Waals surface area contributed by atoms with Gasteiger partial charge >= 0.3 is 0 Å². The van der Waals surface area contributed by atoms with Gasteiger partial charge in [-0.1, -0.05) is 23.7 Å². The van der Waals surface area contributed by atoms with Gasteiger partial charge in [0.2, 0.25) is 0 Å². The molecule has 0 saturated carbocycles. The maximum absolute atomic E-state index is 6.29. The zero-order valence-corrected chi connectivity index (χ0v) is 11.0. The van der Waals surface area contributed by atoms with Crippen molar-refractivity contribution < 1.29 is 9.15 Å². The number of fused-ring (bicyclic) bond motifs is 1. The number of nitrogens with two attached hydrogens (primary N) is 1. The van der Waals surface area contributed by atoms with Crippen molar-refractivity contribution in [2.45, 2.75) is 25.5 Å². The summed E-state index contributed by atoms with van der Waals surface area (Å²) in [5, 5.41) is 1.63. The van der Waals surface area contributed by atoms with Crippen LogP contribution in [0.2, 0.25) is 5.02 Å².